The van der Waals surface area contributed by atoms with Gasteiger partial charge in [-0.05, 0) is 66.4 Å². The highest BCUT2D eigenvalue weighted by molar-refractivity contribution is 9.11. The van der Waals surface area contributed by atoms with Gasteiger partial charge in [-0.25, -0.2) is 0 Å². The van der Waals surface area contributed by atoms with Gasteiger partial charge in [-0.15, -0.1) is 0 Å². The van der Waals surface area contributed by atoms with Crippen LogP contribution in [0.15, 0.2) is 56.2 Å². The molecular formula is C25H23Br2NO4. The van der Waals surface area contributed by atoms with E-state index in [1.807, 2.05) is 38.1 Å². The van der Waals surface area contributed by atoms with Crippen LogP contribution in [0.5, 0.6) is 0 Å². The number of hydrogen-bond acceptors (Lipinski definition) is 4. The van der Waals surface area contributed by atoms with Gasteiger partial charge >= 0.3 is 0 Å². The van der Waals surface area contributed by atoms with Gasteiger partial charge in [0.2, 0.25) is 0 Å². The number of fused-ring (bicyclic) bond motifs is 2. The molecule has 166 valence electrons. The number of carbonyl (C=O) groups excluding carboxylic acids is 1. The molecule has 0 saturated carbocycles. The number of rotatable bonds is 2. The molecule has 32 heavy (non-hydrogen) atoms. The highest BCUT2D eigenvalue weighted by Crippen LogP contribution is 2.27. The summed E-state index contributed by atoms with van der Waals surface area (Å²) in [6.45, 7) is 5.65. The fourth-order valence-electron chi connectivity index (χ4n) is 3.92. The molecule has 0 bridgehead atoms. The number of ketones is 1. The molecule has 1 aliphatic carbocycles. The molecule has 2 aromatic carbocycles. The molecule has 2 aliphatic rings. The molecule has 0 amide bonds. The van der Waals surface area contributed by atoms with Crippen molar-refractivity contribution in [2.24, 2.45) is 0 Å². The van der Waals surface area contributed by atoms with Crippen LogP contribution in [0.2, 0.25) is 0 Å². The zero-order valence-electron chi connectivity index (χ0n) is 17.9. The van der Waals surface area contributed by atoms with Crippen molar-refractivity contribution in [2.75, 3.05) is 13.2 Å². The summed E-state index contributed by atoms with van der Waals surface area (Å²) in [6.07, 6.45) is 3.72. The minimum atomic E-state index is -0.331. The molecule has 1 aliphatic heterocycles. The van der Waals surface area contributed by atoms with Gasteiger partial charge in [0.05, 0.1) is 25.3 Å². The van der Waals surface area contributed by atoms with Crippen LogP contribution in [-0.4, -0.2) is 29.9 Å². The molecule has 0 N–H and O–H groups in total. The molecule has 2 heterocycles. The van der Waals surface area contributed by atoms with Gasteiger partial charge in [0.1, 0.15) is 0 Å². The lowest BCUT2D eigenvalue weighted by Crippen LogP contribution is -2.27. The Morgan fingerprint density at radius 1 is 0.938 bits per heavy atom. The van der Waals surface area contributed by atoms with Crippen molar-refractivity contribution in [1.29, 1.82) is 0 Å². The molecule has 5 nitrogen and oxygen atoms in total. The number of benzene rings is 2. The summed E-state index contributed by atoms with van der Waals surface area (Å²) in [5.74, 6) is 0.185. The van der Waals surface area contributed by atoms with E-state index in [2.05, 4.69) is 44.0 Å². The number of carbonyl (C=O) groups is 1. The number of allylic oxidation sites excluding steroid dienone is 1. The number of pyridine rings is 1. The Bertz CT molecular complexity index is 1270. The van der Waals surface area contributed by atoms with Crippen LogP contribution in [0.4, 0.5) is 0 Å². The maximum Gasteiger partial charge on any atom is 0.251 e. The minimum Gasteiger partial charge on any atom is -0.348 e. The van der Waals surface area contributed by atoms with Crippen LogP contribution in [0.3, 0.4) is 0 Å². The molecule has 7 heteroatoms. The number of aromatic nitrogens is 1. The predicted molar refractivity (Wildman–Crippen MR) is 133 cm³/mol. The lowest BCUT2D eigenvalue weighted by Gasteiger charge is -2.15. The summed E-state index contributed by atoms with van der Waals surface area (Å²) in [5.41, 5.74) is 5.42. The van der Waals surface area contributed by atoms with E-state index in [4.69, 9.17) is 9.47 Å². The summed E-state index contributed by atoms with van der Waals surface area (Å²) >= 11 is 7.03. The normalized spacial score (nSPS) is 15.6. The van der Waals surface area contributed by atoms with Crippen molar-refractivity contribution in [2.45, 2.75) is 33.1 Å². The van der Waals surface area contributed by atoms with Gasteiger partial charge in [-0.3, -0.25) is 9.59 Å². The zero-order valence-corrected chi connectivity index (χ0v) is 21.0. The maximum atomic E-state index is 12.1. The number of nitrogens with zero attached hydrogens (tertiary/aromatic N) is 1. The van der Waals surface area contributed by atoms with Crippen molar-refractivity contribution >= 4 is 54.6 Å². The van der Waals surface area contributed by atoms with E-state index in [9.17, 15) is 9.59 Å². The van der Waals surface area contributed by atoms with Crippen LogP contribution in [-0.2, 0) is 27.2 Å². The van der Waals surface area contributed by atoms with Crippen LogP contribution < -0.4 is 5.56 Å². The van der Waals surface area contributed by atoms with E-state index in [-0.39, 0.29) is 17.6 Å². The molecule has 1 aromatic heterocycles. The average Bonchev–Trinajstić information content (AvgIpc) is 3.23. The first kappa shape index (κ1) is 23.1. The quantitative estimate of drug-likeness (QED) is 0.424. The second kappa shape index (κ2) is 9.83. The fourth-order valence-corrected chi connectivity index (χ4v) is 5.36. The molecule has 0 unspecified atom stereocenters. The third-order valence-corrected chi connectivity index (χ3v) is 6.70. The molecular weight excluding hydrogens is 538 g/mol. The van der Waals surface area contributed by atoms with Crippen molar-refractivity contribution in [3.8, 4) is 0 Å². The van der Waals surface area contributed by atoms with Gasteiger partial charge in [-0.1, -0.05) is 44.0 Å². The summed E-state index contributed by atoms with van der Waals surface area (Å²) in [6, 6.07) is 11.6. The molecule has 0 atom stereocenters. The van der Waals surface area contributed by atoms with Crippen molar-refractivity contribution in [3.63, 3.8) is 0 Å². The van der Waals surface area contributed by atoms with Gasteiger partial charge in [-0.2, -0.15) is 0 Å². The van der Waals surface area contributed by atoms with Gasteiger partial charge in [0, 0.05) is 26.8 Å². The van der Waals surface area contributed by atoms with Gasteiger partial charge in [0.15, 0.2) is 12.1 Å². The summed E-state index contributed by atoms with van der Waals surface area (Å²) in [5, 5.41) is 1.02. The second-order valence-electron chi connectivity index (χ2n) is 7.93. The Kier molecular flexibility index (Phi) is 7.10. The molecule has 3 aromatic rings. The highest BCUT2D eigenvalue weighted by Gasteiger charge is 2.18. The maximum absolute atomic E-state index is 12.1. The number of halogens is 2. The monoisotopic (exact) mass is 559 g/mol. The first-order valence-corrected chi connectivity index (χ1v) is 11.9. The summed E-state index contributed by atoms with van der Waals surface area (Å²) in [7, 11) is 0. The lowest BCUT2D eigenvalue weighted by atomic mass is 9.95. The number of aryl methyl sites for hydroxylation is 2. The van der Waals surface area contributed by atoms with Crippen LogP contribution in [0.1, 0.15) is 22.3 Å². The third kappa shape index (κ3) is 5.12. The van der Waals surface area contributed by atoms with Gasteiger partial charge < -0.3 is 14.0 Å². The van der Waals surface area contributed by atoms with E-state index in [1.54, 1.807) is 16.7 Å². The van der Waals surface area contributed by atoms with Crippen molar-refractivity contribution in [3.05, 3.63) is 84.0 Å². The highest BCUT2D eigenvalue weighted by atomic mass is 79.9. The fraction of sp³-hybridized carbons (Fsp3) is 0.280. The molecule has 5 rings (SSSR count). The Morgan fingerprint density at radius 2 is 1.62 bits per heavy atom. The number of ether oxygens (including phenoxy) is 2. The van der Waals surface area contributed by atoms with Crippen molar-refractivity contribution < 1.29 is 14.3 Å². The van der Waals surface area contributed by atoms with Crippen LogP contribution >= 0.6 is 31.9 Å². The second-order valence-corrected chi connectivity index (χ2v) is 9.64. The largest absolute Gasteiger partial charge is 0.348 e. The van der Waals surface area contributed by atoms with Crippen molar-refractivity contribution in [1.82, 2.24) is 4.57 Å². The van der Waals surface area contributed by atoms with Crippen LogP contribution in [0.25, 0.3) is 17.0 Å². The minimum absolute atomic E-state index is 0.0379. The average molecular weight is 561 g/mol. The first-order valence-electron chi connectivity index (χ1n) is 10.3. The Labute approximate surface area is 203 Å². The molecule has 1 saturated heterocycles. The SMILES string of the molecule is Cc1cc(Br)c2c(c1)CC(=O)C=C2.Cc1cc(Br)c2ccc(=O)n(CC3OCCO3)c2c1. The van der Waals surface area contributed by atoms with E-state index < -0.39 is 0 Å². The Balaban J connectivity index is 0.000000165. The summed E-state index contributed by atoms with van der Waals surface area (Å²) < 4.78 is 14.6. The smallest absolute Gasteiger partial charge is 0.251 e. The molecule has 0 spiro atoms. The summed E-state index contributed by atoms with van der Waals surface area (Å²) in [4.78, 5) is 23.2. The van der Waals surface area contributed by atoms with Gasteiger partial charge in [0.25, 0.3) is 5.56 Å². The lowest BCUT2D eigenvalue weighted by molar-refractivity contribution is -0.114. The Hall–Kier alpha value is -2.06. The molecule has 1 fully saturated rings. The predicted octanol–water partition coefficient (Wildman–Crippen LogP) is 5.34. The van der Waals surface area contributed by atoms with Crippen LogP contribution in [0, 0.1) is 13.8 Å². The van der Waals surface area contributed by atoms with E-state index in [0.29, 0.717) is 26.2 Å². The van der Waals surface area contributed by atoms with E-state index in [1.165, 1.54) is 5.56 Å². The third-order valence-electron chi connectivity index (χ3n) is 5.38. The van der Waals surface area contributed by atoms with E-state index >= 15 is 0 Å². The topological polar surface area (TPSA) is 57.5 Å². The van der Waals surface area contributed by atoms with E-state index in [0.717, 1.165) is 36.5 Å². The zero-order chi connectivity index (χ0) is 22.8. The Morgan fingerprint density at radius 3 is 2.38 bits per heavy atom. The first-order chi connectivity index (χ1) is 15.3. The molecule has 0 radical (unpaired) electrons. The number of hydrogen-bond donors (Lipinski definition) is 0. The standard InChI is InChI=1S/C14H14BrNO3.C11H9BrO/c1-9-6-11(15)10-2-3-13(17)16(12(10)7-9)8-14-18-4-5-19-14;1-7-4-8-6-9(13)2-3-10(8)11(12)5-7/h2-3,6-7,14H,4-5,8H2,1H3;2-5H,6H2,1H3.